The summed E-state index contributed by atoms with van der Waals surface area (Å²) in [6.07, 6.45) is 5.29. The Kier molecular flexibility index (Phi) is 3.60. The number of imidazole rings is 1. The molecule has 0 spiro atoms. The van der Waals surface area contributed by atoms with Crippen molar-refractivity contribution in [2.24, 2.45) is 0 Å². The summed E-state index contributed by atoms with van der Waals surface area (Å²) in [5, 5.41) is 4.28. The maximum absolute atomic E-state index is 11.9. The van der Waals surface area contributed by atoms with E-state index in [1.165, 1.54) is 17.2 Å². The normalized spacial score (nSPS) is 14.3. The number of aryl methyl sites for hydroxylation is 2. The number of aromatic nitrogens is 4. The van der Waals surface area contributed by atoms with E-state index in [9.17, 15) is 13.2 Å². The number of hydrogen-bond acceptors (Lipinski definition) is 5. The molecule has 9 heteroatoms. The average molecular weight is 309 g/mol. The van der Waals surface area contributed by atoms with E-state index in [0.717, 1.165) is 30.5 Å². The molecule has 0 fully saturated rings. The van der Waals surface area contributed by atoms with Crippen LogP contribution in [-0.4, -0.2) is 34.7 Å². The van der Waals surface area contributed by atoms with Crippen LogP contribution in [0.1, 0.15) is 17.7 Å². The molecule has 1 aliphatic rings. The van der Waals surface area contributed by atoms with Crippen LogP contribution in [0.3, 0.4) is 0 Å². The highest BCUT2D eigenvalue weighted by Crippen LogP contribution is 2.16. The number of hydrogen-bond donors (Lipinski definition) is 2. The van der Waals surface area contributed by atoms with Crippen molar-refractivity contribution in [1.82, 2.24) is 24.5 Å². The van der Waals surface area contributed by atoms with E-state index < -0.39 is 10.0 Å². The molecule has 21 heavy (non-hydrogen) atoms. The lowest BCUT2D eigenvalue weighted by Gasteiger charge is -2.08. The molecule has 0 radical (unpaired) electrons. The molecule has 0 bridgehead atoms. The van der Waals surface area contributed by atoms with Gasteiger partial charge in [0.05, 0.1) is 24.8 Å². The van der Waals surface area contributed by atoms with Crippen molar-refractivity contribution in [1.29, 1.82) is 0 Å². The molecule has 3 rings (SSSR count). The molecule has 0 atom stereocenters. The van der Waals surface area contributed by atoms with Crippen molar-refractivity contribution in [3.63, 3.8) is 0 Å². The van der Waals surface area contributed by atoms with Gasteiger partial charge in [0.15, 0.2) is 5.03 Å². The Morgan fingerprint density at radius 2 is 2.24 bits per heavy atom. The molecule has 2 aromatic rings. The second-order valence-corrected chi connectivity index (χ2v) is 6.58. The first-order valence-electron chi connectivity index (χ1n) is 6.64. The predicted octanol–water partition coefficient (Wildman–Crippen LogP) is -0.566. The first-order valence-corrected chi connectivity index (χ1v) is 8.12. The number of fused-ring (bicyclic) bond motifs is 1. The molecule has 0 amide bonds. The summed E-state index contributed by atoms with van der Waals surface area (Å²) < 4.78 is 27.4. The van der Waals surface area contributed by atoms with Crippen LogP contribution in [0.15, 0.2) is 28.4 Å². The van der Waals surface area contributed by atoms with Gasteiger partial charge in [0.2, 0.25) is 0 Å². The van der Waals surface area contributed by atoms with Gasteiger partial charge in [-0.05, 0) is 24.8 Å². The first kappa shape index (κ1) is 14.0. The topological polar surface area (TPSA) is 110 Å². The van der Waals surface area contributed by atoms with Gasteiger partial charge in [-0.2, -0.15) is 5.10 Å². The maximum atomic E-state index is 11.9. The van der Waals surface area contributed by atoms with E-state index in [4.69, 9.17) is 0 Å². The number of nitrogens with one attached hydrogen (secondary N) is 2. The molecular formula is C12H15N5O3S. The average Bonchev–Trinajstić information content (AvgIpc) is 3.08. The van der Waals surface area contributed by atoms with Crippen molar-refractivity contribution in [2.75, 3.05) is 6.54 Å². The summed E-state index contributed by atoms with van der Waals surface area (Å²) in [7, 11) is -3.62. The lowest BCUT2D eigenvalue weighted by Crippen LogP contribution is -2.32. The number of H-pyrrole nitrogens is 1. The fourth-order valence-electron chi connectivity index (χ4n) is 2.35. The third kappa shape index (κ3) is 2.88. The van der Waals surface area contributed by atoms with E-state index in [-0.39, 0.29) is 23.7 Å². The zero-order valence-electron chi connectivity index (χ0n) is 11.2. The third-order valence-electron chi connectivity index (χ3n) is 3.40. The standard InChI is InChI=1S/C12H15N5O3S/c18-12-6-9-2-1-3-10(9)16-17(12)5-4-15-21(19,20)11-7-13-8-14-11/h6-8,15H,1-5H2,(H,13,14). The van der Waals surface area contributed by atoms with Crippen LogP contribution in [0.4, 0.5) is 0 Å². The van der Waals surface area contributed by atoms with Crippen LogP contribution in [0.25, 0.3) is 0 Å². The maximum Gasteiger partial charge on any atom is 0.267 e. The number of aromatic amines is 1. The molecule has 0 aromatic carbocycles. The Morgan fingerprint density at radius 1 is 1.38 bits per heavy atom. The molecule has 2 heterocycles. The van der Waals surface area contributed by atoms with E-state index in [0.29, 0.717) is 0 Å². The Bertz CT molecular complexity index is 795. The summed E-state index contributed by atoms with van der Waals surface area (Å²) in [6, 6.07) is 1.60. The summed E-state index contributed by atoms with van der Waals surface area (Å²) in [4.78, 5) is 18.1. The van der Waals surface area contributed by atoms with E-state index >= 15 is 0 Å². The minimum atomic E-state index is -3.62. The molecule has 112 valence electrons. The summed E-state index contributed by atoms with van der Waals surface area (Å²) in [5.41, 5.74) is 1.75. The van der Waals surface area contributed by atoms with Gasteiger partial charge in [-0.25, -0.2) is 22.8 Å². The van der Waals surface area contributed by atoms with Crippen LogP contribution in [-0.2, 0) is 29.4 Å². The quantitative estimate of drug-likeness (QED) is 0.769. The molecule has 2 N–H and O–H groups in total. The minimum absolute atomic E-state index is 0.00300. The lowest BCUT2D eigenvalue weighted by atomic mass is 10.2. The summed E-state index contributed by atoms with van der Waals surface area (Å²) in [5.74, 6) is 0. The highest BCUT2D eigenvalue weighted by molar-refractivity contribution is 7.89. The van der Waals surface area contributed by atoms with Crippen molar-refractivity contribution in [2.45, 2.75) is 30.8 Å². The fraction of sp³-hybridized carbons (Fsp3) is 0.417. The lowest BCUT2D eigenvalue weighted by molar-refractivity contribution is 0.540. The highest BCUT2D eigenvalue weighted by Gasteiger charge is 2.16. The molecule has 2 aromatic heterocycles. The van der Waals surface area contributed by atoms with E-state index in [1.807, 2.05) is 0 Å². The van der Waals surface area contributed by atoms with Crippen molar-refractivity contribution < 1.29 is 8.42 Å². The van der Waals surface area contributed by atoms with Crippen molar-refractivity contribution in [3.05, 3.63) is 40.2 Å². The third-order valence-corrected chi connectivity index (χ3v) is 4.79. The summed E-state index contributed by atoms with van der Waals surface area (Å²) >= 11 is 0. The van der Waals surface area contributed by atoms with Gasteiger partial charge in [-0.3, -0.25) is 4.79 Å². The monoisotopic (exact) mass is 309 g/mol. The molecule has 1 aliphatic carbocycles. The first-order chi connectivity index (χ1) is 10.1. The second kappa shape index (κ2) is 5.41. The SMILES string of the molecule is O=c1cc2c(nn1CCNS(=O)(=O)c1cnc[nH]1)CCC2. The Hall–Kier alpha value is -2.00. The minimum Gasteiger partial charge on any atom is -0.335 e. The van der Waals surface area contributed by atoms with Gasteiger partial charge in [-0.1, -0.05) is 0 Å². The van der Waals surface area contributed by atoms with E-state index in [1.54, 1.807) is 6.07 Å². The smallest absolute Gasteiger partial charge is 0.267 e. The van der Waals surface area contributed by atoms with Gasteiger partial charge < -0.3 is 4.98 Å². The zero-order chi connectivity index (χ0) is 14.9. The number of rotatable bonds is 5. The zero-order valence-corrected chi connectivity index (χ0v) is 12.1. The number of sulfonamides is 1. The van der Waals surface area contributed by atoms with Crippen LogP contribution in [0.5, 0.6) is 0 Å². The Labute approximate surface area is 121 Å². The van der Waals surface area contributed by atoms with Gasteiger partial charge >= 0.3 is 0 Å². The van der Waals surface area contributed by atoms with Gasteiger partial charge in [-0.15, -0.1) is 0 Å². The van der Waals surface area contributed by atoms with Crippen LogP contribution >= 0.6 is 0 Å². The van der Waals surface area contributed by atoms with Crippen LogP contribution < -0.4 is 10.3 Å². The molecule has 8 nitrogen and oxygen atoms in total. The van der Waals surface area contributed by atoms with Gasteiger partial charge in [0.25, 0.3) is 15.6 Å². The summed E-state index contributed by atoms with van der Waals surface area (Å²) in [6.45, 7) is 0.284. The van der Waals surface area contributed by atoms with Crippen molar-refractivity contribution >= 4 is 10.0 Å². The molecule has 0 saturated heterocycles. The number of nitrogens with zero attached hydrogens (tertiary/aromatic N) is 3. The van der Waals surface area contributed by atoms with Crippen LogP contribution in [0.2, 0.25) is 0 Å². The van der Waals surface area contributed by atoms with Crippen molar-refractivity contribution in [3.8, 4) is 0 Å². The second-order valence-electron chi connectivity index (χ2n) is 4.84. The molecular weight excluding hydrogens is 294 g/mol. The van der Waals surface area contributed by atoms with Crippen LogP contribution in [0, 0.1) is 0 Å². The predicted molar refractivity (Wildman–Crippen MR) is 74.3 cm³/mol. The van der Waals surface area contributed by atoms with E-state index in [2.05, 4.69) is 19.8 Å². The molecule has 0 unspecified atom stereocenters. The van der Waals surface area contributed by atoms with Gasteiger partial charge in [0.1, 0.15) is 0 Å². The Balaban J connectivity index is 1.68. The molecule has 0 aliphatic heterocycles. The highest BCUT2D eigenvalue weighted by atomic mass is 32.2. The Morgan fingerprint density at radius 3 is 3.00 bits per heavy atom. The molecule has 0 saturated carbocycles. The largest absolute Gasteiger partial charge is 0.335 e. The van der Waals surface area contributed by atoms with Gasteiger partial charge in [0, 0.05) is 12.6 Å². The fourth-order valence-corrected chi connectivity index (χ4v) is 3.28.